The van der Waals surface area contributed by atoms with Gasteiger partial charge >= 0.3 is 0 Å². The monoisotopic (exact) mass is 319 g/mol. The van der Waals surface area contributed by atoms with Gasteiger partial charge in [0.25, 0.3) is 0 Å². The van der Waals surface area contributed by atoms with Gasteiger partial charge < -0.3 is 5.32 Å². The first kappa shape index (κ1) is 15.4. The van der Waals surface area contributed by atoms with Crippen LogP contribution in [0.2, 0.25) is 0 Å². The van der Waals surface area contributed by atoms with Crippen LogP contribution in [0.1, 0.15) is 12.0 Å². The second-order valence-electron chi connectivity index (χ2n) is 4.95. The first-order valence-corrected chi connectivity index (χ1v) is 8.66. The van der Waals surface area contributed by atoms with Crippen molar-refractivity contribution in [1.29, 1.82) is 0 Å². The minimum Gasteiger partial charge on any atom is -0.368 e. The molecule has 2 aromatic carbocycles. The molecule has 0 aliphatic rings. The third-order valence-corrected chi connectivity index (χ3v) is 4.15. The van der Waals surface area contributed by atoms with Crippen molar-refractivity contribution in [2.75, 3.05) is 18.1 Å². The Labute approximate surface area is 140 Å². The van der Waals surface area contributed by atoms with Crippen LogP contribution in [0.4, 0.5) is 5.82 Å². The van der Waals surface area contributed by atoms with E-state index in [9.17, 15) is 0 Å². The van der Waals surface area contributed by atoms with Gasteiger partial charge in [-0.25, -0.2) is 9.97 Å². The quantitative estimate of drug-likeness (QED) is 0.444. The molecule has 114 valence electrons. The Morgan fingerprint density at radius 1 is 1.04 bits per heavy atom. The molecule has 0 amide bonds. The number of rotatable bonds is 4. The SMILES string of the molecule is CSc1ccc(C#CCCNc2ncnc3ccccc23)cc1. The molecule has 0 atom stereocenters. The number of para-hydroxylation sites is 1. The number of aromatic nitrogens is 2. The molecule has 0 aliphatic carbocycles. The third-order valence-electron chi connectivity index (χ3n) is 3.41. The molecule has 0 unspecified atom stereocenters. The molecular weight excluding hydrogens is 302 g/mol. The van der Waals surface area contributed by atoms with Crippen LogP contribution in [0.25, 0.3) is 10.9 Å². The minimum atomic E-state index is 0.761. The molecule has 3 aromatic rings. The highest BCUT2D eigenvalue weighted by Crippen LogP contribution is 2.18. The van der Waals surface area contributed by atoms with Gasteiger partial charge in [-0.3, -0.25) is 0 Å². The van der Waals surface area contributed by atoms with Crippen molar-refractivity contribution < 1.29 is 0 Å². The van der Waals surface area contributed by atoms with E-state index in [1.807, 2.05) is 24.3 Å². The summed E-state index contributed by atoms with van der Waals surface area (Å²) in [5, 5.41) is 4.37. The Kier molecular flexibility index (Phi) is 5.13. The van der Waals surface area contributed by atoms with E-state index in [4.69, 9.17) is 0 Å². The van der Waals surface area contributed by atoms with E-state index in [0.717, 1.165) is 35.2 Å². The molecule has 1 N–H and O–H groups in total. The van der Waals surface area contributed by atoms with Gasteiger partial charge in [-0.15, -0.1) is 11.8 Å². The molecule has 0 aliphatic heterocycles. The van der Waals surface area contributed by atoms with Gasteiger partial charge in [0.1, 0.15) is 12.1 Å². The molecule has 0 saturated heterocycles. The second kappa shape index (κ2) is 7.66. The number of thioether (sulfide) groups is 1. The number of nitrogens with one attached hydrogen (secondary N) is 1. The van der Waals surface area contributed by atoms with E-state index in [1.54, 1.807) is 18.1 Å². The Morgan fingerprint density at radius 3 is 2.70 bits per heavy atom. The van der Waals surface area contributed by atoms with Crippen LogP contribution < -0.4 is 5.32 Å². The first-order chi connectivity index (χ1) is 11.4. The number of fused-ring (bicyclic) bond motifs is 1. The summed E-state index contributed by atoms with van der Waals surface area (Å²) in [4.78, 5) is 9.83. The van der Waals surface area contributed by atoms with Gasteiger partial charge in [-0.1, -0.05) is 24.0 Å². The molecule has 1 heterocycles. The first-order valence-electron chi connectivity index (χ1n) is 7.43. The summed E-state index contributed by atoms with van der Waals surface area (Å²) >= 11 is 1.74. The normalized spacial score (nSPS) is 10.1. The molecule has 0 radical (unpaired) electrons. The fraction of sp³-hybridized carbons (Fsp3) is 0.158. The zero-order valence-electron chi connectivity index (χ0n) is 12.9. The van der Waals surface area contributed by atoms with Gasteiger partial charge in [-0.2, -0.15) is 0 Å². The van der Waals surface area contributed by atoms with E-state index in [-0.39, 0.29) is 0 Å². The summed E-state index contributed by atoms with van der Waals surface area (Å²) in [5.74, 6) is 7.24. The lowest BCUT2D eigenvalue weighted by Crippen LogP contribution is -2.03. The van der Waals surface area contributed by atoms with Crippen LogP contribution in [0.15, 0.2) is 59.8 Å². The average Bonchev–Trinajstić information content (AvgIpc) is 2.62. The summed E-state index contributed by atoms with van der Waals surface area (Å²) < 4.78 is 0. The van der Waals surface area contributed by atoms with E-state index in [1.165, 1.54) is 4.90 Å². The fourth-order valence-corrected chi connectivity index (χ4v) is 2.64. The summed E-state index contributed by atoms with van der Waals surface area (Å²) in [5.41, 5.74) is 2.00. The summed E-state index contributed by atoms with van der Waals surface area (Å²) in [6, 6.07) is 16.3. The largest absolute Gasteiger partial charge is 0.368 e. The number of hydrogen-bond donors (Lipinski definition) is 1. The van der Waals surface area contributed by atoms with E-state index < -0.39 is 0 Å². The van der Waals surface area contributed by atoms with Gasteiger partial charge in [-0.05, 0) is 42.7 Å². The predicted molar refractivity (Wildman–Crippen MR) is 97.7 cm³/mol. The van der Waals surface area contributed by atoms with Crippen LogP contribution in [0.5, 0.6) is 0 Å². The smallest absolute Gasteiger partial charge is 0.137 e. The van der Waals surface area contributed by atoms with Crippen LogP contribution in [0, 0.1) is 11.8 Å². The van der Waals surface area contributed by atoms with Gasteiger partial charge in [0.2, 0.25) is 0 Å². The topological polar surface area (TPSA) is 37.8 Å². The molecule has 1 aromatic heterocycles. The van der Waals surface area contributed by atoms with Crippen LogP contribution >= 0.6 is 11.8 Å². The number of anilines is 1. The average molecular weight is 319 g/mol. The standard InChI is InChI=1S/C19H17N3S/c1-23-16-11-9-15(10-12-16)6-4-5-13-20-19-17-7-2-3-8-18(17)21-14-22-19/h2-3,7-12,14H,5,13H2,1H3,(H,20,21,22). The maximum Gasteiger partial charge on any atom is 0.137 e. The van der Waals surface area contributed by atoms with Gasteiger partial charge in [0, 0.05) is 28.8 Å². The number of benzene rings is 2. The van der Waals surface area contributed by atoms with Crippen molar-refractivity contribution in [2.45, 2.75) is 11.3 Å². The summed E-state index contributed by atoms with van der Waals surface area (Å²) in [6.07, 6.45) is 4.43. The Balaban J connectivity index is 1.58. The predicted octanol–water partition coefficient (Wildman–Crippen LogP) is 4.21. The molecule has 3 rings (SSSR count). The Hall–Kier alpha value is -2.51. The van der Waals surface area contributed by atoms with Gasteiger partial charge in [0.15, 0.2) is 0 Å². The van der Waals surface area contributed by atoms with Crippen molar-refractivity contribution in [2.24, 2.45) is 0 Å². The highest BCUT2D eigenvalue weighted by Gasteiger charge is 2.00. The Morgan fingerprint density at radius 2 is 1.87 bits per heavy atom. The molecule has 0 spiro atoms. The van der Waals surface area contributed by atoms with E-state index in [0.29, 0.717) is 0 Å². The van der Waals surface area contributed by atoms with E-state index >= 15 is 0 Å². The highest BCUT2D eigenvalue weighted by atomic mass is 32.2. The maximum atomic E-state index is 4.31. The lowest BCUT2D eigenvalue weighted by atomic mass is 10.2. The maximum absolute atomic E-state index is 4.31. The zero-order valence-corrected chi connectivity index (χ0v) is 13.7. The molecule has 23 heavy (non-hydrogen) atoms. The van der Waals surface area contributed by atoms with Crippen molar-refractivity contribution in [3.05, 3.63) is 60.4 Å². The van der Waals surface area contributed by atoms with Crippen LogP contribution in [-0.2, 0) is 0 Å². The molecule has 0 saturated carbocycles. The van der Waals surface area contributed by atoms with Crippen LogP contribution in [0.3, 0.4) is 0 Å². The van der Waals surface area contributed by atoms with Gasteiger partial charge in [0.05, 0.1) is 5.52 Å². The molecule has 0 fully saturated rings. The third kappa shape index (κ3) is 4.02. The lowest BCUT2D eigenvalue weighted by Gasteiger charge is -2.05. The van der Waals surface area contributed by atoms with Crippen molar-refractivity contribution in [1.82, 2.24) is 9.97 Å². The van der Waals surface area contributed by atoms with Crippen molar-refractivity contribution >= 4 is 28.5 Å². The molecule has 4 heteroatoms. The zero-order chi connectivity index (χ0) is 15.9. The minimum absolute atomic E-state index is 0.761. The van der Waals surface area contributed by atoms with Crippen molar-refractivity contribution in [3.63, 3.8) is 0 Å². The molecular formula is C19H17N3S. The number of hydrogen-bond acceptors (Lipinski definition) is 4. The van der Waals surface area contributed by atoms with Crippen LogP contribution in [-0.4, -0.2) is 22.8 Å². The summed E-state index contributed by atoms with van der Waals surface area (Å²) in [7, 11) is 0. The van der Waals surface area contributed by atoms with E-state index in [2.05, 4.69) is 57.6 Å². The Bertz CT molecular complexity index is 842. The number of nitrogens with zero attached hydrogens (tertiary/aromatic N) is 2. The molecule has 0 bridgehead atoms. The highest BCUT2D eigenvalue weighted by molar-refractivity contribution is 7.98. The fourth-order valence-electron chi connectivity index (χ4n) is 2.23. The van der Waals surface area contributed by atoms with Crippen molar-refractivity contribution in [3.8, 4) is 11.8 Å². The second-order valence-corrected chi connectivity index (χ2v) is 5.83. The summed E-state index contributed by atoms with van der Waals surface area (Å²) in [6.45, 7) is 0.761. The lowest BCUT2D eigenvalue weighted by molar-refractivity contribution is 1.07. The molecule has 3 nitrogen and oxygen atoms in total.